The molecule has 0 bridgehead atoms. The number of thiol groups is 2. The Balaban J connectivity index is 2.87. The number of anilines is 2. The second-order valence-corrected chi connectivity index (χ2v) is 6.09. The molecule has 144 valence electrons. The smallest absolute Gasteiger partial charge is 0.251 e. The first-order valence-electron chi connectivity index (χ1n) is 8.41. The fourth-order valence-electron chi connectivity index (χ4n) is 2.25. The van der Waals surface area contributed by atoms with E-state index in [1.54, 1.807) is 12.1 Å². The number of benzene rings is 1. The van der Waals surface area contributed by atoms with Crippen LogP contribution in [-0.2, 0) is 9.59 Å². The maximum atomic E-state index is 12.3. The van der Waals surface area contributed by atoms with E-state index >= 15 is 0 Å². The molecule has 0 aliphatic heterocycles. The Kier molecular flexibility index (Phi) is 10.2. The Labute approximate surface area is 165 Å². The maximum Gasteiger partial charge on any atom is 0.251 e. The summed E-state index contributed by atoms with van der Waals surface area (Å²) in [6.07, 6.45) is 0. The van der Waals surface area contributed by atoms with Gasteiger partial charge in [-0.25, -0.2) is 0 Å². The minimum absolute atomic E-state index is 0.00749. The predicted molar refractivity (Wildman–Crippen MR) is 112 cm³/mol. The topological polar surface area (TPSA) is 90.5 Å². The normalized spacial score (nSPS) is 10.5. The number of nitrogens with zero attached hydrogens (tertiary/aromatic N) is 1. The monoisotopic (exact) mass is 398 g/mol. The highest BCUT2D eigenvalue weighted by Gasteiger charge is 2.13. The van der Waals surface area contributed by atoms with Gasteiger partial charge in [0, 0.05) is 18.7 Å². The van der Waals surface area contributed by atoms with Crippen molar-refractivity contribution in [1.82, 2.24) is 10.2 Å². The SMILES string of the molecule is CCN(CC)CCNC(=O)c1ccc(NC(=O)CS)c(NC(=O)CS)c1. The Morgan fingerprint density at radius 3 is 2.08 bits per heavy atom. The van der Waals surface area contributed by atoms with Crippen molar-refractivity contribution < 1.29 is 14.4 Å². The molecule has 3 amide bonds. The van der Waals surface area contributed by atoms with Crippen molar-refractivity contribution in [2.75, 3.05) is 48.3 Å². The average Bonchev–Trinajstić information content (AvgIpc) is 2.66. The molecule has 26 heavy (non-hydrogen) atoms. The van der Waals surface area contributed by atoms with E-state index in [-0.39, 0.29) is 29.2 Å². The zero-order valence-corrected chi connectivity index (χ0v) is 16.8. The molecule has 3 N–H and O–H groups in total. The van der Waals surface area contributed by atoms with Gasteiger partial charge in [-0.1, -0.05) is 13.8 Å². The molecule has 1 aromatic rings. The summed E-state index contributed by atoms with van der Waals surface area (Å²) >= 11 is 7.84. The number of hydrogen-bond acceptors (Lipinski definition) is 6. The predicted octanol–water partition coefficient (Wildman–Crippen LogP) is 1.49. The molecule has 0 radical (unpaired) electrons. The third kappa shape index (κ3) is 7.27. The van der Waals surface area contributed by atoms with Crippen LogP contribution in [-0.4, -0.2) is 60.3 Å². The molecule has 0 aliphatic rings. The molecular formula is C17H26N4O3S2. The van der Waals surface area contributed by atoms with E-state index in [2.05, 4.69) is 60.0 Å². The molecule has 0 heterocycles. The van der Waals surface area contributed by atoms with Crippen LogP contribution >= 0.6 is 25.3 Å². The van der Waals surface area contributed by atoms with Gasteiger partial charge in [0.05, 0.1) is 22.9 Å². The van der Waals surface area contributed by atoms with E-state index in [4.69, 9.17) is 0 Å². The summed E-state index contributed by atoms with van der Waals surface area (Å²) in [6, 6.07) is 4.70. The minimum Gasteiger partial charge on any atom is -0.351 e. The molecule has 0 fully saturated rings. The number of carbonyl (C=O) groups is 3. The first-order valence-corrected chi connectivity index (χ1v) is 9.67. The Morgan fingerprint density at radius 1 is 0.962 bits per heavy atom. The van der Waals surface area contributed by atoms with Crippen molar-refractivity contribution in [2.24, 2.45) is 0 Å². The highest BCUT2D eigenvalue weighted by molar-refractivity contribution is 7.81. The van der Waals surface area contributed by atoms with E-state index in [9.17, 15) is 14.4 Å². The summed E-state index contributed by atoms with van der Waals surface area (Å²) in [5.74, 6) is -0.904. The Morgan fingerprint density at radius 2 is 1.54 bits per heavy atom. The molecule has 0 saturated carbocycles. The molecule has 0 aliphatic carbocycles. The lowest BCUT2D eigenvalue weighted by molar-refractivity contribution is -0.114. The second-order valence-electron chi connectivity index (χ2n) is 5.46. The number of nitrogens with one attached hydrogen (secondary N) is 3. The van der Waals surface area contributed by atoms with Gasteiger partial charge >= 0.3 is 0 Å². The molecule has 0 unspecified atom stereocenters. The molecular weight excluding hydrogens is 372 g/mol. The van der Waals surface area contributed by atoms with E-state index < -0.39 is 0 Å². The van der Waals surface area contributed by atoms with Crippen molar-refractivity contribution in [1.29, 1.82) is 0 Å². The second kappa shape index (κ2) is 11.8. The third-order valence-corrected chi connectivity index (χ3v) is 4.30. The zero-order chi connectivity index (χ0) is 19.5. The summed E-state index contributed by atoms with van der Waals surface area (Å²) in [6.45, 7) is 7.27. The molecule has 7 nitrogen and oxygen atoms in total. The lowest BCUT2D eigenvalue weighted by Gasteiger charge is -2.18. The fourth-order valence-corrected chi connectivity index (χ4v) is 2.40. The van der Waals surface area contributed by atoms with Gasteiger partial charge in [0.1, 0.15) is 0 Å². The molecule has 0 atom stereocenters. The summed E-state index contributed by atoms with van der Waals surface area (Å²) in [5, 5.41) is 8.13. The van der Waals surface area contributed by atoms with Crippen LogP contribution in [0.4, 0.5) is 11.4 Å². The van der Waals surface area contributed by atoms with Gasteiger partial charge < -0.3 is 20.9 Å². The van der Waals surface area contributed by atoms with Crippen LogP contribution in [0.5, 0.6) is 0 Å². The van der Waals surface area contributed by atoms with E-state index in [0.717, 1.165) is 19.6 Å². The van der Waals surface area contributed by atoms with Crippen molar-refractivity contribution in [3.8, 4) is 0 Å². The van der Waals surface area contributed by atoms with E-state index in [1.165, 1.54) is 6.07 Å². The first kappa shape index (κ1) is 22.3. The van der Waals surface area contributed by atoms with Gasteiger partial charge in [-0.3, -0.25) is 14.4 Å². The van der Waals surface area contributed by atoms with Crippen molar-refractivity contribution in [3.05, 3.63) is 23.8 Å². The third-order valence-electron chi connectivity index (χ3n) is 3.73. The van der Waals surface area contributed by atoms with Crippen LogP contribution in [0.15, 0.2) is 18.2 Å². The highest BCUT2D eigenvalue weighted by Crippen LogP contribution is 2.23. The van der Waals surface area contributed by atoms with Crippen LogP contribution in [0, 0.1) is 0 Å². The number of hydrogen-bond donors (Lipinski definition) is 5. The van der Waals surface area contributed by atoms with Gasteiger partial charge in [0.2, 0.25) is 11.8 Å². The summed E-state index contributed by atoms with van der Waals surface area (Å²) in [7, 11) is 0. The molecule has 1 rings (SSSR count). The summed E-state index contributed by atoms with van der Waals surface area (Å²) < 4.78 is 0. The van der Waals surface area contributed by atoms with E-state index in [1.807, 2.05) is 0 Å². The Hall–Kier alpha value is -1.71. The molecule has 0 spiro atoms. The number of amides is 3. The molecule has 9 heteroatoms. The van der Waals surface area contributed by atoms with Gasteiger partial charge in [-0.05, 0) is 31.3 Å². The highest BCUT2D eigenvalue weighted by atomic mass is 32.1. The molecule has 0 aromatic heterocycles. The van der Waals surface area contributed by atoms with Crippen molar-refractivity contribution >= 4 is 54.4 Å². The summed E-state index contributed by atoms with van der Waals surface area (Å²) in [5.41, 5.74) is 1.14. The first-order chi connectivity index (χ1) is 12.4. The van der Waals surface area contributed by atoms with Crippen LogP contribution < -0.4 is 16.0 Å². The quantitative estimate of drug-likeness (QED) is 0.386. The van der Waals surface area contributed by atoms with Crippen molar-refractivity contribution in [2.45, 2.75) is 13.8 Å². The van der Waals surface area contributed by atoms with Gasteiger partial charge in [-0.15, -0.1) is 0 Å². The van der Waals surface area contributed by atoms with Gasteiger partial charge in [-0.2, -0.15) is 25.3 Å². The number of rotatable bonds is 10. The lowest BCUT2D eigenvalue weighted by atomic mass is 10.1. The lowest BCUT2D eigenvalue weighted by Crippen LogP contribution is -2.34. The maximum absolute atomic E-state index is 12.3. The standard InChI is InChI=1S/C17H26N4O3S2/c1-3-21(4-2)8-7-18-17(24)12-5-6-13(19-15(22)10-25)14(9-12)20-16(23)11-26/h5-6,9,25-26H,3-4,7-8,10-11H2,1-2H3,(H,18,24)(H,19,22)(H,20,23). The zero-order valence-electron chi connectivity index (χ0n) is 15.0. The fraction of sp³-hybridized carbons (Fsp3) is 0.471. The van der Waals surface area contributed by atoms with Crippen LogP contribution in [0.3, 0.4) is 0 Å². The molecule has 1 aromatic carbocycles. The number of likely N-dealkylation sites (N-methyl/N-ethyl adjacent to an activating group) is 1. The largest absolute Gasteiger partial charge is 0.351 e. The van der Waals surface area contributed by atoms with Crippen LogP contribution in [0.25, 0.3) is 0 Å². The van der Waals surface area contributed by atoms with Crippen LogP contribution in [0.2, 0.25) is 0 Å². The number of carbonyl (C=O) groups excluding carboxylic acids is 3. The average molecular weight is 399 g/mol. The minimum atomic E-state index is -0.339. The van der Waals surface area contributed by atoms with Gasteiger partial charge in [0.15, 0.2) is 0 Å². The van der Waals surface area contributed by atoms with Crippen molar-refractivity contribution in [3.63, 3.8) is 0 Å². The van der Waals surface area contributed by atoms with Crippen LogP contribution in [0.1, 0.15) is 24.2 Å². The molecule has 0 saturated heterocycles. The Bertz CT molecular complexity index is 636. The van der Waals surface area contributed by atoms with Gasteiger partial charge in [0.25, 0.3) is 5.91 Å². The summed E-state index contributed by atoms with van der Waals surface area (Å²) in [4.78, 5) is 37.8. The van der Waals surface area contributed by atoms with E-state index in [0.29, 0.717) is 23.5 Å².